The van der Waals surface area contributed by atoms with Crippen molar-refractivity contribution < 1.29 is 4.42 Å². The Morgan fingerprint density at radius 1 is 0.345 bits per heavy atom. The number of hydrogen-bond donors (Lipinski definition) is 0. The van der Waals surface area contributed by atoms with E-state index < -0.39 is 0 Å². The first-order chi connectivity index (χ1) is 27.2. The highest BCUT2D eigenvalue weighted by Crippen LogP contribution is 2.34. The number of furan rings is 1. The van der Waals surface area contributed by atoms with Gasteiger partial charge in [0.05, 0.1) is 0 Å². The van der Waals surface area contributed by atoms with Crippen LogP contribution in [0.2, 0.25) is 0 Å². The van der Waals surface area contributed by atoms with Gasteiger partial charge in [-0.15, -0.1) is 0 Å². The first-order valence-corrected chi connectivity index (χ1v) is 18.3. The minimum absolute atomic E-state index is 0.541. The molecule has 1 aliphatic rings. The third-order valence-corrected chi connectivity index (χ3v) is 9.82. The number of aromatic nitrogens is 6. The van der Waals surface area contributed by atoms with Crippen LogP contribution in [0, 0.1) is 0 Å². The summed E-state index contributed by atoms with van der Waals surface area (Å²) in [5.74, 6) is 3.50. The predicted octanol–water partition coefficient (Wildman–Crippen LogP) is 11.7. The summed E-state index contributed by atoms with van der Waals surface area (Å²) in [6.07, 6.45) is 8.41. The maximum atomic E-state index is 6.23. The van der Waals surface area contributed by atoms with Crippen LogP contribution in [0.4, 0.5) is 0 Å². The highest BCUT2D eigenvalue weighted by Gasteiger charge is 2.18. The van der Waals surface area contributed by atoms with Gasteiger partial charge in [0, 0.05) is 44.2 Å². The molecule has 0 spiro atoms. The Hall–Kier alpha value is -7.38. The Labute approximate surface area is 317 Å². The first-order valence-electron chi connectivity index (χ1n) is 18.3. The molecule has 0 unspecified atom stereocenters. The normalized spacial score (nSPS) is 12.6. The Bertz CT molecular complexity index is 2920. The van der Waals surface area contributed by atoms with Crippen molar-refractivity contribution >= 4 is 27.5 Å². The van der Waals surface area contributed by atoms with Crippen LogP contribution in [0.15, 0.2) is 174 Å². The summed E-state index contributed by atoms with van der Waals surface area (Å²) in [6.45, 7) is 0. The largest absolute Gasteiger partial charge is 0.456 e. The van der Waals surface area contributed by atoms with Crippen LogP contribution in [-0.4, -0.2) is 29.9 Å². The summed E-state index contributed by atoms with van der Waals surface area (Å²) in [5.41, 5.74) is 9.20. The van der Waals surface area contributed by atoms with Crippen LogP contribution >= 0.6 is 0 Å². The van der Waals surface area contributed by atoms with E-state index in [1.54, 1.807) is 0 Å². The maximum Gasteiger partial charge on any atom is 0.164 e. The summed E-state index contributed by atoms with van der Waals surface area (Å²) in [7, 11) is 0. The molecule has 0 atom stereocenters. The lowest BCUT2D eigenvalue weighted by Crippen LogP contribution is -2.03. The molecule has 0 aliphatic heterocycles. The van der Waals surface area contributed by atoms with Crippen molar-refractivity contribution in [3.63, 3.8) is 0 Å². The topological polar surface area (TPSA) is 90.5 Å². The SMILES string of the molecule is C1=CC(c2nc(-c3ccc(-c4ccccc4)cc3)nc(-c3cccc(-c4nc(-c5ccccc5)nc(-c5ccc6c(c5)oc5ccccc56)n4)c3)n2)=CCC1. The summed E-state index contributed by atoms with van der Waals surface area (Å²) >= 11 is 0. The van der Waals surface area contributed by atoms with E-state index in [0.717, 1.165) is 79.3 Å². The highest BCUT2D eigenvalue weighted by atomic mass is 16.3. The number of fused-ring (bicyclic) bond motifs is 3. The number of benzene rings is 6. The van der Waals surface area contributed by atoms with E-state index in [1.807, 2.05) is 91.0 Å². The third-order valence-electron chi connectivity index (χ3n) is 9.82. The quantitative estimate of drug-likeness (QED) is 0.163. The zero-order valence-electron chi connectivity index (χ0n) is 29.7. The van der Waals surface area contributed by atoms with Gasteiger partial charge in [-0.3, -0.25) is 0 Å². The molecule has 0 bridgehead atoms. The van der Waals surface area contributed by atoms with Crippen LogP contribution < -0.4 is 0 Å². The number of hydrogen-bond acceptors (Lipinski definition) is 7. The third kappa shape index (κ3) is 6.38. The molecule has 0 radical (unpaired) electrons. The number of nitrogens with zero attached hydrogens (tertiary/aromatic N) is 6. The molecule has 10 rings (SSSR count). The van der Waals surface area contributed by atoms with Crippen LogP contribution in [-0.2, 0) is 0 Å². The Morgan fingerprint density at radius 3 is 1.47 bits per heavy atom. The molecule has 0 N–H and O–H groups in total. The summed E-state index contributed by atoms with van der Waals surface area (Å²) in [4.78, 5) is 30.1. The molecule has 7 heteroatoms. The van der Waals surface area contributed by atoms with Gasteiger partial charge in [0.15, 0.2) is 34.9 Å². The molecule has 260 valence electrons. The monoisotopic (exact) mass is 708 g/mol. The molecule has 0 amide bonds. The minimum atomic E-state index is 0.541. The van der Waals surface area contributed by atoms with E-state index in [1.165, 1.54) is 0 Å². The Balaban J connectivity index is 1.08. The molecule has 6 aromatic carbocycles. The number of para-hydroxylation sites is 1. The van der Waals surface area contributed by atoms with Gasteiger partial charge in [0.2, 0.25) is 0 Å². The number of allylic oxidation sites excluding steroid dienone is 4. The smallest absolute Gasteiger partial charge is 0.164 e. The molecule has 1 aliphatic carbocycles. The molecule has 55 heavy (non-hydrogen) atoms. The van der Waals surface area contributed by atoms with Crippen LogP contribution in [0.3, 0.4) is 0 Å². The van der Waals surface area contributed by atoms with Crippen molar-refractivity contribution in [2.24, 2.45) is 0 Å². The van der Waals surface area contributed by atoms with E-state index >= 15 is 0 Å². The van der Waals surface area contributed by atoms with E-state index in [4.69, 9.17) is 34.3 Å². The molecule has 0 saturated heterocycles. The fourth-order valence-corrected chi connectivity index (χ4v) is 7.00. The molecule has 3 aromatic heterocycles. The van der Waals surface area contributed by atoms with E-state index in [0.29, 0.717) is 34.9 Å². The molecule has 0 saturated carbocycles. The highest BCUT2D eigenvalue weighted by molar-refractivity contribution is 6.05. The average molecular weight is 709 g/mol. The van der Waals surface area contributed by atoms with E-state index in [9.17, 15) is 0 Å². The van der Waals surface area contributed by atoms with Crippen molar-refractivity contribution in [2.75, 3.05) is 0 Å². The second-order valence-electron chi connectivity index (χ2n) is 13.5. The Morgan fingerprint density at radius 2 is 0.818 bits per heavy atom. The first kappa shape index (κ1) is 32.3. The van der Waals surface area contributed by atoms with Crippen molar-refractivity contribution in [3.8, 4) is 68.1 Å². The van der Waals surface area contributed by atoms with Gasteiger partial charge in [-0.25, -0.2) is 29.9 Å². The lowest BCUT2D eigenvalue weighted by molar-refractivity contribution is 0.669. The van der Waals surface area contributed by atoms with Gasteiger partial charge in [-0.1, -0.05) is 146 Å². The van der Waals surface area contributed by atoms with Gasteiger partial charge in [-0.05, 0) is 48.2 Å². The fourth-order valence-electron chi connectivity index (χ4n) is 7.00. The molecule has 9 aromatic rings. The van der Waals surface area contributed by atoms with E-state index in [-0.39, 0.29) is 0 Å². The molecular formula is C48H32N6O. The van der Waals surface area contributed by atoms with Crippen molar-refractivity contribution in [2.45, 2.75) is 12.8 Å². The fraction of sp³-hybridized carbons (Fsp3) is 0.0417. The molecule has 3 heterocycles. The molecule has 7 nitrogen and oxygen atoms in total. The van der Waals surface area contributed by atoms with Crippen molar-refractivity contribution in [1.29, 1.82) is 0 Å². The van der Waals surface area contributed by atoms with Crippen molar-refractivity contribution in [1.82, 2.24) is 29.9 Å². The lowest BCUT2D eigenvalue weighted by Gasteiger charge is -2.12. The lowest BCUT2D eigenvalue weighted by atomic mass is 10.0. The van der Waals surface area contributed by atoms with Crippen LogP contribution in [0.5, 0.6) is 0 Å². The minimum Gasteiger partial charge on any atom is -0.456 e. The molecule has 0 fully saturated rings. The van der Waals surface area contributed by atoms with Gasteiger partial charge >= 0.3 is 0 Å². The maximum absolute atomic E-state index is 6.23. The predicted molar refractivity (Wildman–Crippen MR) is 219 cm³/mol. The standard InChI is InChI=1S/C48H32N6O/c1-4-13-31(14-5-1)32-23-25-35(26-24-32)45-49-43(33-15-6-2-7-16-33)50-46(53-45)36-19-12-20-37(29-36)47-51-44(34-17-8-3-9-18-34)52-48(54-47)38-27-28-40-39-21-10-11-22-41(39)55-42(40)30-38/h1,3-6,8-30H,2,7H2. The summed E-state index contributed by atoms with van der Waals surface area (Å²) < 4.78 is 6.23. The summed E-state index contributed by atoms with van der Waals surface area (Å²) in [5, 5.41) is 2.12. The van der Waals surface area contributed by atoms with E-state index in [2.05, 4.69) is 78.9 Å². The van der Waals surface area contributed by atoms with Crippen molar-refractivity contribution in [3.05, 3.63) is 176 Å². The summed E-state index contributed by atoms with van der Waals surface area (Å²) in [6, 6.07) is 51.0. The van der Waals surface area contributed by atoms with Gasteiger partial charge in [-0.2, -0.15) is 0 Å². The second kappa shape index (κ2) is 13.9. The Kier molecular flexibility index (Phi) is 8.15. The zero-order chi connectivity index (χ0) is 36.6. The number of rotatable bonds is 7. The van der Waals surface area contributed by atoms with Crippen LogP contribution in [0.25, 0.3) is 95.6 Å². The zero-order valence-corrected chi connectivity index (χ0v) is 29.7. The van der Waals surface area contributed by atoms with Gasteiger partial charge in [0.25, 0.3) is 0 Å². The molecular weight excluding hydrogens is 677 g/mol. The second-order valence-corrected chi connectivity index (χ2v) is 13.5. The average Bonchev–Trinajstić information content (AvgIpc) is 3.65. The van der Waals surface area contributed by atoms with Gasteiger partial charge < -0.3 is 4.42 Å². The van der Waals surface area contributed by atoms with Gasteiger partial charge in [0.1, 0.15) is 11.2 Å². The van der Waals surface area contributed by atoms with Crippen LogP contribution in [0.1, 0.15) is 18.7 Å².